The molecule has 0 spiro atoms. The first-order chi connectivity index (χ1) is 7.34. The smallest absolute Gasteiger partial charge is 0.0643 e. The second-order valence-electron chi connectivity index (χ2n) is 4.69. The van der Waals surface area contributed by atoms with E-state index in [9.17, 15) is 0 Å². The lowest BCUT2D eigenvalue weighted by molar-refractivity contribution is -0.00525. The molecule has 2 saturated heterocycles. The third-order valence-electron chi connectivity index (χ3n) is 3.32. The predicted molar refractivity (Wildman–Crippen MR) is 61.2 cm³/mol. The summed E-state index contributed by atoms with van der Waals surface area (Å²) in [5.74, 6) is 0. The summed E-state index contributed by atoms with van der Waals surface area (Å²) in [6.07, 6.45) is 1.26. The highest BCUT2D eigenvalue weighted by atomic mass is 16.5. The molecule has 0 radical (unpaired) electrons. The molecule has 4 nitrogen and oxygen atoms in total. The van der Waals surface area contributed by atoms with Gasteiger partial charge in [-0.25, -0.2) is 0 Å². The van der Waals surface area contributed by atoms with E-state index in [4.69, 9.17) is 4.74 Å². The summed E-state index contributed by atoms with van der Waals surface area (Å²) >= 11 is 0. The zero-order valence-corrected chi connectivity index (χ0v) is 9.74. The summed E-state index contributed by atoms with van der Waals surface area (Å²) < 4.78 is 5.12. The van der Waals surface area contributed by atoms with Gasteiger partial charge in [0.05, 0.1) is 19.3 Å². The van der Waals surface area contributed by atoms with E-state index in [1.54, 1.807) is 0 Å². The van der Waals surface area contributed by atoms with Gasteiger partial charge in [0.1, 0.15) is 0 Å². The molecule has 0 amide bonds. The molecule has 2 aliphatic rings. The van der Waals surface area contributed by atoms with Crippen LogP contribution < -0.4 is 5.32 Å². The Labute approximate surface area is 92.6 Å². The molecule has 4 heteroatoms. The third-order valence-corrected chi connectivity index (χ3v) is 3.32. The maximum absolute atomic E-state index is 5.12. The fraction of sp³-hybridized carbons (Fsp3) is 1.00. The second kappa shape index (κ2) is 5.80. The van der Waals surface area contributed by atoms with Gasteiger partial charge >= 0.3 is 0 Å². The zero-order chi connectivity index (χ0) is 10.5. The van der Waals surface area contributed by atoms with Crippen LogP contribution in [0.15, 0.2) is 0 Å². The molecule has 0 aromatic carbocycles. The Morgan fingerprint density at radius 3 is 2.53 bits per heavy atom. The van der Waals surface area contributed by atoms with Crippen LogP contribution in [0.2, 0.25) is 0 Å². The van der Waals surface area contributed by atoms with E-state index in [0.29, 0.717) is 6.04 Å². The first-order valence-electron chi connectivity index (χ1n) is 6.06. The van der Waals surface area contributed by atoms with Gasteiger partial charge in [0, 0.05) is 26.2 Å². The van der Waals surface area contributed by atoms with E-state index in [-0.39, 0.29) is 0 Å². The first kappa shape index (κ1) is 11.3. The van der Waals surface area contributed by atoms with Crippen LogP contribution >= 0.6 is 0 Å². The lowest BCUT2D eigenvalue weighted by Crippen LogP contribution is -2.47. The summed E-state index contributed by atoms with van der Waals surface area (Å²) in [4.78, 5) is 4.97. The van der Waals surface area contributed by atoms with Crippen LogP contribution in [-0.4, -0.2) is 75.4 Å². The predicted octanol–water partition coefficient (Wildman–Crippen LogP) is -0.388. The highest BCUT2D eigenvalue weighted by Crippen LogP contribution is 2.01. The maximum Gasteiger partial charge on any atom is 0.0643 e. The molecule has 2 heterocycles. The zero-order valence-electron chi connectivity index (χ0n) is 9.74. The number of nitrogens with one attached hydrogen (secondary N) is 1. The van der Waals surface area contributed by atoms with Gasteiger partial charge in [-0.2, -0.15) is 0 Å². The molecule has 0 aromatic heterocycles. The number of ether oxygens (including phenoxy) is 1. The molecule has 0 aliphatic carbocycles. The fourth-order valence-corrected chi connectivity index (χ4v) is 2.03. The van der Waals surface area contributed by atoms with Crippen molar-refractivity contribution < 1.29 is 4.74 Å². The number of hydrogen-bond donors (Lipinski definition) is 1. The van der Waals surface area contributed by atoms with Gasteiger partial charge in [-0.3, -0.25) is 0 Å². The van der Waals surface area contributed by atoms with Crippen LogP contribution in [-0.2, 0) is 4.74 Å². The van der Waals surface area contributed by atoms with Gasteiger partial charge in [-0.15, -0.1) is 0 Å². The Morgan fingerprint density at radius 2 is 1.93 bits per heavy atom. The van der Waals surface area contributed by atoms with Crippen molar-refractivity contribution in [1.82, 2.24) is 15.1 Å². The summed E-state index contributed by atoms with van der Waals surface area (Å²) in [6, 6.07) is 0.637. The highest BCUT2D eigenvalue weighted by Gasteiger charge is 2.17. The van der Waals surface area contributed by atoms with Gasteiger partial charge in [0.2, 0.25) is 0 Å². The van der Waals surface area contributed by atoms with E-state index in [1.165, 1.54) is 39.1 Å². The van der Waals surface area contributed by atoms with Gasteiger partial charge in [-0.05, 0) is 26.6 Å². The number of piperazine rings is 1. The monoisotopic (exact) mass is 213 g/mol. The van der Waals surface area contributed by atoms with E-state index in [2.05, 4.69) is 22.2 Å². The van der Waals surface area contributed by atoms with Crippen LogP contribution in [0.1, 0.15) is 6.42 Å². The molecule has 2 aliphatic heterocycles. The van der Waals surface area contributed by atoms with Crippen molar-refractivity contribution in [2.24, 2.45) is 0 Å². The van der Waals surface area contributed by atoms with Crippen molar-refractivity contribution >= 4 is 0 Å². The lowest BCUT2D eigenvalue weighted by atomic mass is 10.2. The quantitative estimate of drug-likeness (QED) is 0.630. The normalized spacial score (nSPS) is 25.4. The molecular formula is C11H23N3O. The van der Waals surface area contributed by atoms with E-state index >= 15 is 0 Å². The Balaban J connectivity index is 1.46. The van der Waals surface area contributed by atoms with Gasteiger partial charge in [-0.1, -0.05) is 0 Å². The molecular weight excluding hydrogens is 190 g/mol. The lowest BCUT2D eigenvalue weighted by Gasteiger charge is -2.32. The van der Waals surface area contributed by atoms with E-state index in [1.807, 2.05) is 0 Å². The van der Waals surface area contributed by atoms with Crippen LogP contribution in [0.3, 0.4) is 0 Å². The summed E-state index contributed by atoms with van der Waals surface area (Å²) in [6.45, 7) is 9.14. The standard InChI is InChI=1S/C11H23N3O/c1-13-5-7-14(8-6-13)4-2-3-12-11-9-15-10-11/h11-12H,2-10H2,1H3. The second-order valence-corrected chi connectivity index (χ2v) is 4.69. The van der Waals surface area contributed by atoms with Crippen molar-refractivity contribution in [3.05, 3.63) is 0 Å². The minimum Gasteiger partial charge on any atom is -0.378 e. The molecule has 15 heavy (non-hydrogen) atoms. The molecule has 0 unspecified atom stereocenters. The van der Waals surface area contributed by atoms with E-state index in [0.717, 1.165) is 19.8 Å². The third kappa shape index (κ3) is 3.72. The Kier molecular flexibility index (Phi) is 4.38. The van der Waals surface area contributed by atoms with Crippen LogP contribution in [0.25, 0.3) is 0 Å². The summed E-state index contributed by atoms with van der Waals surface area (Å²) in [5, 5.41) is 3.51. The molecule has 2 fully saturated rings. The number of rotatable bonds is 5. The number of hydrogen-bond acceptors (Lipinski definition) is 4. The van der Waals surface area contributed by atoms with Crippen molar-refractivity contribution in [1.29, 1.82) is 0 Å². The minimum atomic E-state index is 0.637. The minimum absolute atomic E-state index is 0.637. The molecule has 88 valence electrons. The van der Waals surface area contributed by atoms with Crippen molar-refractivity contribution in [3.63, 3.8) is 0 Å². The topological polar surface area (TPSA) is 27.7 Å². The van der Waals surface area contributed by atoms with E-state index < -0.39 is 0 Å². The molecule has 2 rings (SSSR count). The Morgan fingerprint density at radius 1 is 1.20 bits per heavy atom. The first-order valence-corrected chi connectivity index (χ1v) is 6.06. The molecule has 0 saturated carbocycles. The van der Waals surface area contributed by atoms with Crippen LogP contribution in [0.5, 0.6) is 0 Å². The summed E-state index contributed by atoms with van der Waals surface area (Å²) in [7, 11) is 2.20. The van der Waals surface area contributed by atoms with Crippen molar-refractivity contribution in [2.75, 3.05) is 59.5 Å². The Bertz CT molecular complexity index is 177. The van der Waals surface area contributed by atoms with Gasteiger partial charge in [0.25, 0.3) is 0 Å². The number of likely N-dealkylation sites (N-methyl/N-ethyl adjacent to an activating group) is 1. The van der Waals surface area contributed by atoms with Gasteiger partial charge < -0.3 is 19.9 Å². The number of nitrogens with zero attached hydrogens (tertiary/aromatic N) is 2. The van der Waals surface area contributed by atoms with Crippen molar-refractivity contribution in [2.45, 2.75) is 12.5 Å². The van der Waals surface area contributed by atoms with Crippen LogP contribution in [0.4, 0.5) is 0 Å². The highest BCUT2D eigenvalue weighted by molar-refractivity contribution is 4.74. The maximum atomic E-state index is 5.12. The largest absolute Gasteiger partial charge is 0.378 e. The summed E-state index contributed by atoms with van der Waals surface area (Å²) in [5.41, 5.74) is 0. The average molecular weight is 213 g/mol. The van der Waals surface area contributed by atoms with Crippen molar-refractivity contribution in [3.8, 4) is 0 Å². The molecule has 0 bridgehead atoms. The molecule has 0 aromatic rings. The molecule has 1 N–H and O–H groups in total. The average Bonchev–Trinajstić information content (AvgIpc) is 2.18. The fourth-order valence-electron chi connectivity index (χ4n) is 2.03. The van der Waals surface area contributed by atoms with Crippen LogP contribution in [0, 0.1) is 0 Å². The SMILES string of the molecule is CN1CCN(CCCNC2COC2)CC1. The molecule has 0 atom stereocenters. The Hall–Kier alpha value is -0.160. The van der Waals surface area contributed by atoms with Gasteiger partial charge in [0.15, 0.2) is 0 Å².